The summed E-state index contributed by atoms with van der Waals surface area (Å²) < 4.78 is 0. The molecule has 11 heavy (non-hydrogen) atoms. The molecule has 0 amide bonds. The first kappa shape index (κ1) is 11.4. The van der Waals surface area contributed by atoms with E-state index in [-0.39, 0.29) is 12.4 Å². The van der Waals surface area contributed by atoms with Crippen LogP contribution >= 0.6 is 44.3 Å². The van der Waals surface area contributed by atoms with Gasteiger partial charge in [-0.2, -0.15) is 0 Å². The zero-order chi connectivity index (χ0) is 7.40. The second kappa shape index (κ2) is 5.98. The van der Waals surface area contributed by atoms with Crippen LogP contribution in [-0.2, 0) is 10.7 Å². The highest BCUT2D eigenvalue weighted by Gasteiger charge is 1.92. The van der Waals surface area contributed by atoms with Gasteiger partial charge in [0.1, 0.15) is 0 Å². The average molecular weight is 301 g/mol. The first-order valence-corrected chi connectivity index (χ1v) is 5.16. The van der Waals surface area contributed by atoms with E-state index in [4.69, 9.17) is 0 Å². The number of hydrogen-bond donors (Lipinski definition) is 0. The van der Waals surface area contributed by atoms with Crippen LogP contribution in [0.5, 0.6) is 0 Å². The van der Waals surface area contributed by atoms with Crippen LogP contribution in [0.25, 0.3) is 0 Å². The molecule has 1 rings (SSSR count). The number of alkyl halides is 2. The summed E-state index contributed by atoms with van der Waals surface area (Å²) in [5.74, 6) is 0. The maximum atomic E-state index is 4.07. The lowest BCUT2D eigenvalue weighted by atomic mass is 10.2. The van der Waals surface area contributed by atoms with Gasteiger partial charge in [-0.1, -0.05) is 37.9 Å². The number of nitrogens with zero attached hydrogens (tertiary/aromatic N) is 1. The average Bonchev–Trinajstić information content (AvgIpc) is 2.05. The lowest BCUT2D eigenvalue weighted by Crippen LogP contribution is -1.84. The minimum absolute atomic E-state index is 0. The number of aromatic nitrogens is 1. The molecule has 4 heteroatoms. The maximum Gasteiger partial charge on any atom is 0.0308 e. The van der Waals surface area contributed by atoms with E-state index in [2.05, 4.69) is 42.9 Å². The molecule has 0 spiro atoms. The van der Waals surface area contributed by atoms with E-state index in [0.717, 1.165) is 10.7 Å². The molecule has 0 aliphatic rings. The van der Waals surface area contributed by atoms with Crippen LogP contribution in [0.3, 0.4) is 0 Å². The Bertz CT molecular complexity index is 198. The molecule has 1 aromatic rings. The first-order chi connectivity index (χ1) is 4.86. The Morgan fingerprint density at radius 3 is 1.91 bits per heavy atom. The number of hydrogen-bond acceptors (Lipinski definition) is 1. The van der Waals surface area contributed by atoms with Crippen molar-refractivity contribution in [2.24, 2.45) is 0 Å². The van der Waals surface area contributed by atoms with Crippen LogP contribution in [0.2, 0.25) is 0 Å². The van der Waals surface area contributed by atoms with Crippen LogP contribution < -0.4 is 0 Å². The summed E-state index contributed by atoms with van der Waals surface area (Å²) in [5.41, 5.74) is 2.44. The molecule has 62 valence electrons. The quantitative estimate of drug-likeness (QED) is 0.764. The third-order valence-electron chi connectivity index (χ3n) is 1.16. The van der Waals surface area contributed by atoms with Gasteiger partial charge in [0, 0.05) is 23.1 Å². The normalized spacial score (nSPS) is 8.91. The van der Waals surface area contributed by atoms with E-state index >= 15 is 0 Å². The van der Waals surface area contributed by atoms with Crippen LogP contribution in [0.1, 0.15) is 11.1 Å². The van der Waals surface area contributed by atoms with Crippen molar-refractivity contribution < 1.29 is 0 Å². The van der Waals surface area contributed by atoms with E-state index < -0.39 is 0 Å². The van der Waals surface area contributed by atoms with Crippen molar-refractivity contribution in [3.8, 4) is 0 Å². The lowest BCUT2D eigenvalue weighted by molar-refractivity contribution is 1.20. The van der Waals surface area contributed by atoms with Crippen LogP contribution in [-0.4, -0.2) is 4.98 Å². The molecule has 0 unspecified atom stereocenters. The van der Waals surface area contributed by atoms with Gasteiger partial charge >= 0.3 is 0 Å². The largest absolute Gasteiger partial charge is 0.264 e. The predicted octanol–water partition coefficient (Wildman–Crippen LogP) is 3.29. The highest BCUT2D eigenvalue weighted by Crippen LogP contribution is 2.08. The SMILES string of the molecule is BrCc1cncc(CBr)c1.Cl. The number of rotatable bonds is 2. The van der Waals surface area contributed by atoms with Gasteiger partial charge in [-0.15, -0.1) is 12.4 Å². The van der Waals surface area contributed by atoms with Crippen molar-refractivity contribution in [2.45, 2.75) is 10.7 Å². The standard InChI is InChI=1S/C7H7Br2N.ClH/c8-2-6-1-7(3-9)5-10-4-6;/h1,4-5H,2-3H2;1H. The molecule has 0 bridgehead atoms. The summed E-state index contributed by atoms with van der Waals surface area (Å²) in [6, 6.07) is 2.12. The second-order valence-corrected chi connectivity index (χ2v) is 3.09. The molecule has 1 nitrogen and oxygen atoms in total. The predicted molar refractivity (Wildman–Crippen MR) is 56.7 cm³/mol. The molecule has 0 aliphatic heterocycles. The third-order valence-corrected chi connectivity index (χ3v) is 2.46. The lowest BCUT2D eigenvalue weighted by Gasteiger charge is -1.96. The Kier molecular flexibility index (Phi) is 6.19. The van der Waals surface area contributed by atoms with Gasteiger partial charge in [-0.05, 0) is 11.1 Å². The van der Waals surface area contributed by atoms with Crippen molar-refractivity contribution in [1.82, 2.24) is 4.98 Å². The molecule has 0 aromatic carbocycles. The maximum absolute atomic E-state index is 4.07. The first-order valence-electron chi connectivity index (χ1n) is 2.91. The molecule has 0 saturated carbocycles. The molecular formula is C7H8Br2ClN. The van der Waals surface area contributed by atoms with Gasteiger partial charge in [0.2, 0.25) is 0 Å². The minimum atomic E-state index is 0. The molecular weight excluding hydrogens is 293 g/mol. The van der Waals surface area contributed by atoms with Gasteiger partial charge in [-0.25, -0.2) is 0 Å². The van der Waals surface area contributed by atoms with E-state index in [1.54, 1.807) is 0 Å². The van der Waals surface area contributed by atoms with E-state index in [1.807, 2.05) is 12.4 Å². The highest BCUT2D eigenvalue weighted by atomic mass is 79.9. The Labute approximate surface area is 89.3 Å². The Morgan fingerprint density at radius 1 is 1.09 bits per heavy atom. The van der Waals surface area contributed by atoms with E-state index in [1.165, 1.54) is 11.1 Å². The second-order valence-electron chi connectivity index (χ2n) is 1.97. The van der Waals surface area contributed by atoms with Crippen molar-refractivity contribution in [1.29, 1.82) is 0 Å². The van der Waals surface area contributed by atoms with Gasteiger partial charge in [0.05, 0.1) is 0 Å². The van der Waals surface area contributed by atoms with Crippen LogP contribution in [0, 0.1) is 0 Å². The molecule has 0 fully saturated rings. The van der Waals surface area contributed by atoms with Crippen LogP contribution in [0.4, 0.5) is 0 Å². The summed E-state index contributed by atoms with van der Waals surface area (Å²) in [7, 11) is 0. The van der Waals surface area contributed by atoms with Crippen molar-refractivity contribution in [3.05, 3.63) is 29.6 Å². The van der Waals surface area contributed by atoms with Crippen molar-refractivity contribution >= 4 is 44.3 Å². The number of halogens is 3. The monoisotopic (exact) mass is 299 g/mol. The minimum Gasteiger partial charge on any atom is -0.264 e. The van der Waals surface area contributed by atoms with Crippen molar-refractivity contribution in [2.75, 3.05) is 0 Å². The summed E-state index contributed by atoms with van der Waals surface area (Å²) in [6.45, 7) is 0. The molecule has 1 heterocycles. The zero-order valence-corrected chi connectivity index (χ0v) is 9.75. The van der Waals surface area contributed by atoms with E-state index in [0.29, 0.717) is 0 Å². The Balaban J connectivity index is 0.000001000. The fourth-order valence-electron chi connectivity index (χ4n) is 0.688. The zero-order valence-electron chi connectivity index (χ0n) is 5.76. The third kappa shape index (κ3) is 3.54. The summed E-state index contributed by atoms with van der Waals surface area (Å²) in [6.07, 6.45) is 3.72. The van der Waals surface area contributed by atoms with Gasteiger partial charge in [0.25, 0.3) is 0 Å². The summed E-state index contributed by atoms with van der Waals surface area (Å²) in [4.78, 5) is 4.07. The Hall–Kier alpha value is 0.400. The molecule has 0 aliphatic carbocycles. The molecule has 1 aromatic heterocycles. The van der Waals surface area contributed by atoms with Crippen molar-refractivity contribution in [3.63, 3.8) is 0 Å². The fourth-order valence-corrected chi connectivity index (χ4v) is 1.30. The van der Waals surface area contributed by atoms with Crippen LogP contribution in [0.15, 0.2) is 18.5 Å². The number of pyridine rings is 1. The topological polar surface area (TPSA) is 12.9 Å². The summed E-state index contributed by atoms with van der Waals surface area (Å²) in [5, 5.41) is 1.75. The smallest absolute Gasteiger partial charge is 0.0308 e. The van der Waals surface area contributed by atoms with E-state index in [9.17, 15) is 0 Å². The summed E-state index contributed by atoms with van der Waals surface area (Å²) >= 11 is 6.73. The molecule has 0 N–H and O–H groups in total. The Morgan fingerprint density at radius 2 is 1.55 bits per heavy atom. The molecule has 0 saturated heterocycles. The van der Waals surface area contributed by atoms with Gasteiger partial charge < -0.3 is 0 Å². The van der Waals surface area contributed by atoms with Gasteiger partial charge in [0.15, 0.2) is 0 Å². The highest BCUT2D eigenvalue weighted by molar-refractivity contribution is 9.08. The van der Waals surface area contributed by atoms with Gasteiger partial charge in [-0.3, -0.25) is 4.98 Å². The molecule has 0 atom stereocenters. The molecule has 0 radical (unpaired) electrons. The fraction of sp³-hybridized carbons (Fsp3) is 0.286.